The number of anilines is 2. The number of ether oxygens (including phenoxy) is 1. The van der Waals surface area contributed by atoms with Crippen LogP contribution in [0, 0.1) is 10.1 Å². The Morgan fingerprint density at radius 1 is 1.19 bits per heavy atom. The molecule has 7 heteroatoms. The number of carbonyl (C=O) groups is 1. The van der Waals surface area contributed by atoms with Crippen LogP contribution in [-0.4, -0.2) is 44.1 Å². The van der Waals surface area contributed by atoms with Crippen molar-refractivity contribution in [2.45, 2.75) is 0 Å². The molecule has 0 saturated carbocycles. The number of carbonyl (C=O) groups excluding carboxylic acids is 1. The van der Waals surface area contributed by atoms with Gasteiger partial charge in [0.15, 0.2) is 5.78 Å². The van der Waals surface area contributed by atoms with E-state index in [2.05, 4.69) is 10.2 Å². The van der Waals surface area contributed by atoms with Crippen LogP contribution in [0.2, 0.25) is 0 Å². The van der Waals surface area contributed by atoms with Crippen LogP contribution in [0.25, 0.3) is 6.08 Å². The Morgan fingerprint density at radius 2 is 1.89 bits per heavy atom. The molecule has 140 valence electrons. The van der Waals surface area contributed by atoms with E-state index in [0.29, 0.717) is 30.0 Å². The molecule has 1 aliphatic rings. The first-order valence-electron chi connectivity index (χ1n) is 8.70. The molecule has 1 aliphatic heterocycles. The zero-order valence-electron chi connectivity index (χ0n) is 15.1. The molecule has 0 bridgehead atoms. The number of benzene rings is 2. The Bertz CT molecular complexity index is 856. The van der Waals surface area contributed by atoms with Crippen LogP contribution in [0.3, 0.4) is 0 Å². The van der Waals surface area contributed by atoms with Crippen molar-refractivity contribution in [3.8, 4) is 0 Å². The number of nitro benzene ring substituents is 1. The smallest absolute Gasteiger partial charge is 0.292 e. The van der Waals surface area contributed by atoms with Gasteiger partial charge in [-0.2, -0.15) is 0 Å². The minimum atomic E-state index is -0.449. The molecule has 2 aromatic carbocycles. The van der Waals surface area contributed by atoms with Gasteiger partial charge in [-0.1, -0.05) is 12.1 Å². The number of morpholine rings is 1. The molecule has 1 fully saturated rings. The van der Waals surface area contributed by atoms with Crippen molar-refractivity contribution in [1.82, 2.24) is 0 Å². The zero-order chi connectivity index (χ0) is 19.2. The third kappa shape index (κ3) is 4.51. The largest absolute Gasteiger partial charge is 0.383 e. The van der Waals surface area contributed by atoms with E-state index in [4.69, 9.17) is 4.74 Å². The number of nitrogens with zero attached hydrogens (tertiary/aromatic N) is 2. The van der Waals surface area contributed by atoms with Gasteiger partial charge in [-0.25, -0.2) is 0 Å². The predicted molar refractivity (Wildman–Crippen MR) is 105 cm³/mol. The molecule has 2 aromatic rings. The van der Waals surface area contributed by atoms with E-state index in [1.54, 1.807) is 37.4 Å². The topological polar surface area (TPSA) is 84.7 Å². The number of nitro groups is 1. The zero-order valence-corrected chi connectivity index (χ0v) is 15.1. The molecule has 1 saturated heterocycles. The summed E-state index contributed by atoms with van der Waals surface area (Å²) in [5.41, 5.74) is 2.64. The quantitative estimate of drug-likeness (QED) is 0.365. The maximum atomic E-state index is 12.4. The third-order valence-electron chi connectivity index (χ3n) is 4.44. The first-order chi connectivity index (χ1) is 13.1. The van der Waals surface area contributed by atoms with Crippen LogP contribution in [0.15, 0.2) is 48.5 Å². The maximum Gasteiger partial charge on any atom is 0.292 e. The van der Waals surface area contributed by atoms with Gasteiger partial charge in [0.1, 0.15) is 5.69 Å². The molecule has 0 atom stereocenters. The second-order valence-corrected chi connectivity index (χ2v) is 6.13. The van der Waals surface area contributed by atoms with E-state index < -0.39 is 4.92 Å². The Hall–Kier alpha value is -3.19. The summed E-state index contributed by atoms with van der Waals surface area (Å²) in [6, 6.07) is 12.2. The lowest BCUT2D eigenvalue weighted by atomic mass is 10.1. The van der Waals surface area contributed by atoms with Gasteiger partial charge in [-0.3, -0.25) is 14.9 Å². The average molecular weight is 367 g/mol. The monoisotopic (exact) mass is 367 g/mol. The van der Waals surface area contributed by atoms with E-state index in [1.165, 1.54) is 12.1 Å². The Morgan fingerprint density at radius 3 is 2.52 bits per heavy atom. The van der Waals surface area contributed by atoms with Gasteiger partial charge in [0, 0.05) is 37.5 Å². The van der Waals surface area contributed by atoms with Crippen molar-refractivity contribution in [3.05, 3.63) is 69.8 Å². The third-order valence-corrected chi connectivity index (χ3v) is 4.44. The van der Waals surface area contributed by atoms with Gasteiger partial charge < -0.3 is 15.0 Å². The summed E-state index contributed by atoms with van der Waals surface area (Å²) in [5, 5.41) is 13.9. The first-order valence-corrected chi connectivity index (χ1v) is 8.70. The van der Waals surface area contributed by atoms with Crippen molar-refractivity contribution in [3.63, 3.8) is 0 Å². The second kappa shape index (κ2) is 8.46. The summed E-state index contributed by atoms with van der Waals surface area (Å²) >= 11 is 0. The summed E-state index contributed by atoms with van der Waals surface area (Å²) in [6.07, 6.45) is 3.02. The fraction of sp³-hybridized carbons (Fsp3) is 0.250. The average Bonchev–Trinajstić information content (AvgIpc) is 2.72. The van der Waals surface area contributed by atoms with Gasteiger partial charge in [-0.05, 0) is 42.0 Å². The van der Waals surface area contributed by atoms with Crippen molar-refractivity contribution in [2.24, 2.45) is 0 Å². The summed E-state index contributed by atoms with van der Waals surface area (Å²) in [7, 11) is 1.63. The van der Waals surface area contributed by atoms with Gasteiger partial charge in [0.05, 0.1) is 18.1 Å². The predicted octanol–water partition coefficient (Wildman–Crippen LogP) is 3.37. The summed E-state index contributed by atoms with van der Waals surface area (Å²) in [5.74, 6) is -0.149. The lowest BCUT2D eigenvalue weighted by Crippen LogP contribution is -2.36. The normalized spacial score (nSPS) is 14.3. The standard InChI is InChI=1S/C20H21N3O4/c1-21-18-8-2-15(14-19(18)23(25)26)3-9-20(24)16-4-6-17(7-5-16)22-10-12-27-13-11-22/h2-9,14,21H,10-13H2,1H3/b9-3+. The van der Waals surface area contributed by atoms with Crippen LogP contribution in [-0.2, 0) is 4.74 Å². The van der Waals surface area contributed by atoms with Gasteiger partial charge in [-0.15, -0.1) is 0 Å². The van der Waals surface area contributed by atoms with E-state index >= 15 is 0 Å². The fourth-order valence-electron chi connectivity index (χ4n) is 2.94. The number of rotatable bonds is 6. The van der Waals surface area contributed by atoms with Gasteiger partial charge in [0.2, 0.25) is 0 Å². The lowest BCUT2D eigenvalue weighted by molar-refractivity contribution is -0.383. The van der Waals surface area contributed by atoms with Crippen molar-refractivity contribution in [2.75, 3.05) is 43.6 Å². The molecule has 0 aliphatic carbocycles. The Labute approximate surface area is 157 Å². The summed E-state index contributed by atoms with van der Waals surface area (Å²) in [4.78, 5) is 25.3. The minimum absolute atomic E-state index is 0.0260. The number of hydrogen-bond acceptors (Lipinski definition) is 6. The molecular weight excluding hydrogens is 346 g/mol. The first kappa shape index (κ1) is 18.6. The molecule has 7 nitrogen and oxygen atoms in total. The fourth-order valence-corrected chi connectivity index (χ4v) is 2.94. The van der Waals surface area contributed by atoms with E-state index in [9.17, 15) is 14.9 Å². The number of nitrogens with one attached hydrogen (secondary N) is 1. The van der Waals surface area contributed by atoms with Crippen LogP contribution in [0.4, 0.5) is 17.1 Å². The number of allylic oxidation sites excluding steroid dienone is 1. The van der Waals surface area contributed by atoms with Crippen molar-refractivity contribution >= 4 is 28.9 Å². The Kier molecular flexibility index (Phi) is 5.83. The molecule has 0 amide bonds. The highest BCUT2D eigenvalue weighted by molar-refractivity contribution is 6.07. The minimum Gasteiger partial charge on any atom is -0.383 e. The lowest BCUT2D eigenvalue weighted by Gasteiger charge is -2.28. The van der Waals surface area contributed by atoms with Crippen LogP contribution in [0.1, 0.15) is 15.9 Å². The summed E-state index contributed by atoms with van der Waals surface area (Å²) < 4.78 is 5.34. The number of ketones is 1. The summed E-state index contributed by atoms with van der Waals surface area (Å²) in [6.45, 7) is 3.10. The van der Waals surface area contributed by atoms with E-state index in [1.807, 2.05) is 12.1 Å². The Balaban J connectivity index is 1.71. The maximum absolute atomic E-state index is 12.4. The number of hydrogen-bond donors (Lipinski definition) is 1. The van der Waals surface area contributed by atoms with E-state index in [0.717, 1.165) is 18.8 Å². The molecule has 0 radical (unpaired) electrons. The highest BCUT2D eigenvalue weighted by Gasteiger charge is 2.13. The molecule has 0 spiro atoms. The molecule has 3 rings (SSSR count). The van der Waals surface area contributed by atoms with E-state index in [-0.39, 0.29) is 11.5 Å². The molecule has 0 aromatic heterocycles. The molecule has 1 N–H and O–H groups in total. The van der Waals surface area contributed by atoms with Crippen molar-refractivity contribution in [1.29, 1.82) is 0 Å². The highest BCUT2D eigenvalue weighted by atomic mass is 16.6. The molecule has 1 heterocycles. The molecular formula is C20H21N3O4. The van der Waals surface area contributed by atoms with Gasteiger partial charge >= 0.3 is 0 Å². The SMILES string of the molecule is CNc1ccc(/C=C/C(=O)c2ccc(N3CCOCC3)cc2)cc1[N+](=O)[O-]. The van der Waals surface area contributed by atoms with Crippen LogP contribution < -0.4 is 10.2 Å². The van der Waals surface area contributed by atoms with Crippen LogP contribution >= 0.6 is 0 Å². The molecule has 0 unspecified atom stereocenters. The van der Waals surface area contributed by atoms with Crippen LogP contribution in [0.5, 0.6) is 0 Å². The second-order valence-electron chi connectivity index (χ2n) is 6.13. The van der Waals surface area contributed by atoms with Crippen molar-refractivity contribution < 1.29 is 14.5 Å². The van der Waals surface area contributed by atoms with Gasteiger partial charge in [0.25, 0.3) is 5.69 Å². The molecule has 27 heavy (non-hydrogen) atoms. The highest BCUT2D eigenvalue weighted by Crippen LogP contribution is 2.25.